The summed E-state index contributed by atoms with van der Waals surface area (Å²) in [4.78, 5) is 29.1. The summed E-state index contributed by atoms with van der Waals surface area (Å²) in [6.07, 6.45) is 0.817. The lowest BCUT2D eigenvalue weighted by Gasteiger charge is -2.32. The third-order valence-corrected chi connectivity index (χ3v) is 5.04. The highest BCUT2D eigenvalue weighted by molar-refractivity contribution is 5.95. The highest BCUT2D eigenvalue weighted by Gasteiger charge is 2.19. The van der Waals surface area contributed by atoms with Crippen molar-refractivity contribution in [3.05, 3.63) is 65.7 Å². The van der Waals surface area contributed by atoms with Crippen LogP contribution in [0.4, 0.5) is 5.69 Å². The third kappa shape index (κ3) is 7.61. The summed E-state index contributed by atoms with van der Waals surface area (Å²) < 4.78 is 0. The van der Waals surface area contributed by atoms with Crippen LogP contribution in [-0.2, 0) is 22.4 Å². The second kappa shape index (κ2) is 12.5. The second-order valence-electron chi connectivity index (χ2n) is 7.35. The fraction of sp³-hybridized carbons (Fsp3) is 0.364. The van der Waals surface area contributed by atoms with Crippen molar-refractivity contribution >= 4 is 42.3 Å². The molecule has 1 saturated heterocycles. The predicted octanol–water partition coefficient (Wildman–Crippen LogP) is 2.36. The van der Waals surface area contributed by atoms with Gasteiger partial charge in [0, 0.05) is 31.9 Å². The molecule has 3 N–H and O–H groups in total. The van der Waals surface area contributed by atoms with Gasteiger partial charge in [-0.15, -0.1) is 24.8 Å². The molecule has 8 heteroatoms. The second-order valence-corrected chi connectivity index (χ2v) is 7.35. The molecule has 30 heavy (non-hydrogen) atoms. The van der Waals surface area contributed by atoms with E-state index >= 15 is 0 Å². The van der Waals surface area contributed by atoms with E-state index in [0.717, 1.165) is 37.3 Å². The maximum Gasteiger partial charge on any atom is 0.241 e. The topological polar surface area (TPSA) is 78.7 Å². The third-order valence-electron chi connectivity index (χ3n) is 5.04. The number of carbonyl (C=O) groups excluding carboxylic acids is 2. The highest BCUT2D eigenvalue weighted by atomic mass is 35.5. The summed E-state index contributed by atoms with van der Waals surface area (Å²) in [7, 11) is 2.07. The molecule has 1 fully saturated rings. The number of carbonyl (C=O) groups is 2. The Morgan fingerprint density at radius 3 is 2.27 bits per heavy atom. The first-order valence-corrected chi connectivity index (χ1v) is 9.67. The molecule has 0 radical (unpaired) electrons. The largest absolute Gasteiger partial charge is 0.340 e. The monoisotopic (exact) mass is 452 g/mol. The fourth-order valence-electron chi connectivity index (χ4n) is 3.30. The van der Waals surface area contributed by atoms with Crippen molar-refractivity contribution in [3.8, 4) is 0 Å². The average molecular weight is 453 g/mol. The van der Waals surface area contributed by atoms with Crippen molar-refractivity contribution in [1.29, 1.82) is 0 Å². The number of piperazine rings is 1. The van der Waals surface area contributed by atoms with Gasteiger partial charge < -0.3 is 20.9 Å². The number of rotatable bonds is 6. The van der Waals surface area contributed by atoms with Crippen molar-refractivity contribution in [3.63, 3.8) is 0 Å². The zero-order valence-corrected chi connectivity index (χ0v) is 18.8. The fourth-order valence-corrected chi connectivity index (χ4v) is 3.30. The van der Waals surface area contributed by atoms with Gasteiger partial charge in [0.05, 0.1) is 12.5 Å². The van der Waals surface area contributed by atoms with E-state index in [1.165, 1.54) is 0 Å². The van der Waals surface area contributed by atoms with Crippen molar-refractivity contribution < 1.29 is 9.59 Å². The normalized spacial score (nSPS) is 14.8. The minimum atomic E-state index is -0.627. The van der Waals surface area contributed by atoms with Crippen LogP contribution in [0.5, 0.6) is 0 Å². The Balaban J connectivity index is 0.00000225. The van der Waals surface area contributed by atoms with Gasteiger partial charge in [0.25, 0.3) is 0 Å². The van der Waals surface area contributed by atoms with Crippen LogP contribution in [0.15, 0.2) is 54.6 Å². The van der Waals surface area contributed by atoms with Crippen molar-refractivity contribution in [2.24, 2.45) is 5.73 Å². The van der Waals surface area contributed by atoms with Gasteiger partial charge in [-0.1, -0.05) is 42.5 Å². The van der Waals surface area contributed by atoms with Crippen molar-refractivity contribution in [1.82, 2.24) is 9.80 Å². The number of halogens is 2. The number of hydrogen-bond acceptors (Lipinski definition) is 4. The molecule has 1 unspecified atom stereocenters. The van der Waals surface area contributed by atoms with E-state index in [4.69, 9.17) is 5.73 Å². The standard InChI is InChI=1S/C22H28N4O2.2ClH/c1-25-10-12-26(13-11-25)21(27)16-18-8-5-9-19(14-18)24-22(28)20(23)15-17-6-3-2-4-7-17;;/h2-9,14,20H,10-13,15-16,23H2,1H3,(H,24,28);2*1H. The predicted molar refractivity (Wildman–Crippen MR) is 125 cm³/mol. The summed E-state index contributed by atoms with van der Waals surface area (Å²) in [6, 6.07) is 16.5. The molecule has 2 aromatic rings. The molecule has 3 rings (SSSR count). The SMILES string of the molecule is CN1CCN(C(=O)Cc2cccc(NC(=O)C(N)Cc3ccccc3)c2)CC1.Cl.Cl. The number of amides is 2. The van der Waals surface area contributed by atoms with Crippen molar-refractivity contribution in [2.45, 2.75) is 18.9 Å². The molecule has 0 spiro atoms. The van der Waals surface area contributed by atoms with Gasteiger partial charge in [0.1, 0.15) is 0 Å². The minimum Gasteiger partial charge on any atom is -0.340 e. The quantitative estimate of drug-likeness (QED) is 0.704. The molecule has 6 nitrogen and oxygen atoms in total. The Morgan fingerprint density at radius 1 is 0.967 bits per heavy atom. The molecular weight excluding hydrogens is 423 g/mol. The van der Waals surface area contributed by atoms with Gasteiger partial charge in [-0.2, -0.15) is 0 Å². The lowest BCUT2D eigenvalue weighted by molar-refractivity contribution is -0.132. The molecule has 164 valence electrons. The van der Waals surface area contributed by atoms with Crippen molar-refractivity contribution in [2.75, 3.05) is 38.5 Å². The number of likely N-dealkylation sites (N-methyl/N-ethyl adjacent to an activating group) is 1. The van der Waals surface area contributed by atoms with Gasteiger partial charge in [-0.05, 0) is 36.7 Å². The lowest BCUT2D eigenvalue weighted by Crippen LogP contribution is -2.47. The summed E-state index contributed by atoms with van der Waals surface area (Å²) in [6.45, 7) is 3.34. The summed E-state index contributed by atoms with van der Waals surface area (Å²) in [5, 5.41) is 2.87. The Kier molecular flexibility index (Phi) is 10.8. The van der Waals surface area contributed by atoms with E-state index in [1.54, 1.807) is 0 Å². The van der Waals surface area contributed by atoms with Crippen LogP contribution in [0.2, 0.25) is 0 Å². The Hall–Kier alpha value is -2.12. The molecule has 2 aromatic carbocycles. The molecule has 1 atom stereocenters. The Labute approximate surface area is 190 Å². The lowest BCUT2D eigenvalue weighted by atomic mass is 10.1. The molecule has 2 amide bonds. The van der Waals surface area contributed by atoms with E-state index in [-0.39, 0.29) is 36.6 Å². The van der Waals surface area contributed by atoms with E-state index in [2.05, 4.69) is 17.3 Å². The van der Waals surface area contributed by atoms with Crippen LogP contribution in [-0.4, -0.2) is 60.9 Å². The van der Waals surface area contributed by atoms with Crippen LogP contribution in [0.3, 0.4) is 0 Å². The van der Waals surface area contributed by atoms with Crippen LogP contribution in [0.25, 0.3) is 0 Å². The molecule has 1 aliphatic rings. The Bertz CT molecular complexity index is 812. The first-order chi connectivity index (χ1) is 13.5. The van der Waals surface area contributed by atoms with E-state index in [9.17, 15) is 9.59 Å². The summed E-state index contributed by atoms with van der Waals surface area (Å²) >= 11 is 0. The minimum absolute atomic E-state index is 0. The molecule has 1 heterocycles. The van der Waals surface area contributed by atoms with Crippen LogP contribution in [0, 0.1) is 0 Å². The first-order valence-electron chi connectivity index (χ1n) is 9.67. The van der Waals surface area contributed by atoms with E-state index < -0.39 is 6.04 Å². The maximum absolute atomic E-state index is 12.5. The number of hydrogen-bond donors (Lipinski definition) is 2. The van der Waals surface area contributed by atoms with Crippen LogP contribution in [0.1, 0.15) is 11.1 Å². The molecule has 0 saturated carbocycles. The number of anilines is 1. The number of nitrogens with two attached hydrogens (primary N) is 1. The molecule has 1 aliphatic heterocycles. The first kappa shape index (κ1) is 25.9. The zero-order chi connectivity index (χ0) is 19.9. The highest BCUT2D eigenvalue weighted by Crippen LogP contribution is 2.14. The maximum atomic E-state index is 12.5. The number of nitrogens with zero attached hydrogens (tertiary/aromatic N) is 2. The van der Waals surface area contributed by atoms with Crippen LogP contribution >= 0.6 is 24.8 Å². The molecule has 0 bridgehead atoms. The average Bonchev–Trinajstić information content (AvgIpc) is 2.69. The van der Waals surface area contributed by atoms with E-state index in [1.807, 2.05) is 59.5 Å². The van der Waals surface area contributed by atoms with Crippen LogP contribution < -0.4 is 11.1 Å². The smallest absolute Gasteiger partial charge is 0.241 e. The Morgan fingerprint density at radius 2 is 1.60 bits per heavy atom. The summed E-state index contributed by atoms with van der Waals surface area (Å²) in [5.74, 6) is -0.108. The van der Waals surface area contributed by atoms with Gasteiger partial charge in [0.15, 0.2) is 0 Å². The molecule has 0 aliphatic carbocycles. The van der Waals surface area contributed by atoms with Gasteiger partial charge in [-0.3, -0.25) is 9.59 Å². The number of nitrogens with one attached hydrogen (secondary N) is 1. The van der Waals surface area contributed by atoms with Gasteiger partial charge in [0.2, 0.25) is 11.8 Å². The number of benzene rings is 2. The molecule has 0 aromatic heterocycles. The zero-order valence-electron chi connectivity index (χ0n) is 17.1. The molecular formula is C22H30Cl2N4O2. The van der Waals surface area contributed by atoms with E-state index in [0.29, 0.717) is 18.5 Å². The van der Waals surface area contributed by atoms with Gasteiger partial charge in [-0.25, -0.2) is 0 Å². The summed E-state index contributed by atoms with van der Waals surface area (Å²) in [5.41, 5.74) is 8.62. The van der Waals surface area contributed by atoms with Gasteiger partial charge >= 0.3 is 0 Å².